The molecule has 0 radical (unpaired) electrons. The van der Waals surface area contributed by atoms with Gasteiger partial charge < -0.3 is 10.4 Å². The highest BCUT2D eigenvalue weighted by atomic mass is 16.4. The fourth-order valence-electron chi connectivity index (χ4n) is 4.59. The van der Waals surface area contributed by atoms with Crippen LogP contribution in [-0.4, -0.2) is 17.1 Å². The molecule has 0 saturated heterocycles. The standard InChI is InChI=1S/C18H25NO2/c1-3-12-7-5-8-13-14-9-6-10-18(4-2,11-15(20)21)17(14)19-16(12)13/h5,7-8,14,17,19H,3-4,6,9-11H2,1-2H3,(H,20,21). The fourth-order valence-corrected chi connectivity index (χ4v) is 4.59. The van der Waals surface area contributed by atoms with Crippen LogP contribution in [0.3, 0.4) is 0 Å². The van der Waals surface area contributed by atoms with Gasteiger partial charge in [0.05, 0.1) is 6.42 Å². The van der Waals surface area contributed by atoms with Crippen LogP contribution in [0.15, 0.2) is 18.2 Å². The Morgan fingerprint density at radius 2 is 2.24 bits per heavy atom. The molecule has 3 nitrogen and oxygen atoms in total. The highest BCUT2D eigenvalue weighted by Gasteiger charge is 2.49. The van der Waals surface area contributed by atoms with Crippen LogP contribution in [0.2, 0.25) is 0 Å². The number of aliphatic carboxylic acids is 1. The van der Waals surface area contributed by atoms with Crippen molar-refractivity contribution in [3.8, 4) is 0 Å². The molecule has 0 amide bonds. The van der Waals surface area contributed by atoms with Gasteiger partial charge in [-0.3, -0.25) is 4.79 Å². The van der Waals surface area contributed by atoms with Crippen LogP contribution in [-0.2, 0) is 11.2 Å². The molecule has 1 aromatic rings. The number of para-hydroxylation sites is 1. The van der Waals surface area contributed by atoms with Crippen molar-refractivity contribution in [2.75, 3.05) is 5.32 Å². The van der Waals surface area contributed by atoms with Crippen LogP contribution in [0.1, 0.15) is 63.0 Å². The van der Waals surface area contributed by atoms with Gasteiger partial charge in [-0.2, -0.15) is 0 Å². The Morgan fingerprint density at radius 3 is 2.90 bits per heavy atom. The van der Waals surface area contributed by atoms with Crippen molar-refractivity contribution < 1.29 is 9.90 Å². The van der Waals surface area contributed by atoms with Crippen LogP contribution >= 0.6 is 0 Å². The summed E-state index contributed by atoms with van der Waals surface area (Å²) in [6.45, 7) is 4.33. The molecule has 2 N–H and O–H groups in total. The van der Waals surface area contributed by atoms with Crippen LogP contribution in [0.25, 0.3) is 0 Å². The Kier molecular flexibility index (Phi) is 3.68. The average Bonchev–Trinajstić information content (AvgIpc) is 2.87. The number of carboxylic acids is 1. The maximum atomic E-state index is 11.4. The Hall–Kier alpha value is -1.51. The first kappa shape index (κ1) is 14.4. The van der Waals surface area contributed by atoms with Crippen LogP contribution < -0.4 is 5.32 Å². The van der Waals surface area contributed by atoms with Crippen LogP contribution in [0, 0.1) is 5.41 Å². The summed E-state index contributed by atoms with van der Waals surface area (Å²) in [7, 11) is 0. The maximum absolute atomic E-state index is 11.4. The topological polar surface area (TPSA) is 49.3 Å². The van der Waals surface area contributed by atoms with E-state index in [-0.39, 0.29) is 17.9 Å². The third-order valence-corrected chi connectivity index (χ3v) is 5.72. The van der Waals surface area contributed by atoms with E-state index >= 15 is 0 Å². The Morgan fingerprint density at radius 1 is 1.43 bits per heavy atom. The summed E-state index contributed by atoms with van der Waals surface area (Å²) >= 11 is 0. The van der Waals surface area contributed by atoms with Gasteiger partial charge in [0.1, 0.15) is 0 Å². The summed E-state index contributed by atoms with van der Waals surface area (Å²) in [4.78, 5) is 11.4. The van der Waals surface area contributed by atoms with Gasteiger partial charge in [0.2, 0.25) is 0 Å². The van der Waals surface area contributed by atoms with Crippen LogP contribution in [0.4, 0.5) is 5.69 Å². The lowest BCUT2D eigenvalue weighted by atomic mass is 9.62. The molecule has 21 heavy (non-hydrogen) atoms. The summed E-state index contributed by atoms with van der Waals surface area (Å²) in [6, 6.07) is 6.86. The number of hydrogen-bond donors (Lipinski definition) is 2. The van der Waals surface area contributed by atoms with Gasteiger partial charge in [0.25, 0.3) is 0 Å². The minimum absolute atomic E-state index is 0.0984. The molecular weight excluding hydrogens is 262 g/mol. The third kappa shape index (κ3) is 2.23. The normalized spacial score (nSPS) is 30.4. The summed E-state index contributed by atoms with van der Waals surface area (Å²) in [5.74, 6) is -0.175. The van der Waals surface area contributed by atoms with Crippen molar-refractivity contribution in [2.45, 2.75) is 64.3 Å². The lowest BCUT2D eigenvalue weighted by molar-refractivity contribution is -0.140. The van der Waals surface area contributed by atoms with Crippen molar-refractivity contribution >= 4 is 11.7 Å². The number of rotatable bonds is 4. The second kappa shape index (κ2) is 5.36. The van der Waals surface area contributed by atoms with Crippen molar-refractivity contribution in [1.29, 1.82) is 0 Å². The molecule has 1 fully saturated rings. The molecule has 1 saturated carbocycles. The molecule has 1 aromatic carbocycles. The molecule has 3 atom stereocenters. The van der Waals surface area contributed by atoms with Crippen molar-refractivity contribution in [1.82, 2.24) is 0 Å². The molecule has 1 heterocycles. The van der Waals surface area contributed by atoms with Gasteiger partial charge in [0, 0.05) is 23.1 Å². The molecule has 2 aliphatic rings. The first-order chi connectivity index (χ1) is 10.1. The molecule has 3 rings (SSSR count). The number of carboxylic acid groups (broad SMARTS) is 1. The Balaban J connectivity index is 2.00. The highest BCUT2D eigenvalue weighted by Crippen LogP contribution is 2.54. The van der Waals surface area contributed by atoms with Crippen LogP contribution in [0.5, 0.6) is 0 Å². The molecule has 0 spiro atoms. The van der Waals surface area contributed by atoms with E-state index in [1.54, 1.807) is 0 Å². The minimum Gasteiger partial charge on any atom is -0.481 e. The molecule has 1 aliphatic carbocycles. The Labute approximate surface area is 126 Å². The third-order valence-electron chi connectivity index (χ3n) is 5.72. The predicted octanol–water partition coefficient (Wildman–Crippen LogP) is 4.18. The molecule has 0 aromatic heterocycles. The summed E-state index contributed by atoms with van der Waals surface area (Å²) in [6.07, 6.45) is 5.59. The van der Waals surface area contributed by atoms with Gasteiger partial charge in [-0.1, -0.05) is 38.5 Å². The number of carbonyl (C=O) groups is 1. The van der Waals surface area contributed by atoms with E-state index in [2.05, 4.69) is 37.4 Å². The molecule has 3 unspecified atom stereocenters. The van der Waals surface area contributed by atoms with Gasteiger partial charge >= 0.3 is 5.97 Å². The average molecular weight is 287 g/mol. The largest absolute Gasteiger partial charge is 0.481 e. The summed E-state index contributed by atoms with van der Waals surface area (Å²) < 4.78 is 0. The molecule has 0 bridgehead atoms. The van der Waals surface area contributed by atoms with Gasteiger partial charge in [-0.25, -0.2) is 0 Å². The zero-order chi connectivity index (χ0) is 15.0. The molecule has 114 valence electrons. The zero-order valence-electron chi connectivity index (χ0n) is 13.0. The second-order valence-corrected chi connectivity index (χ2v) is 6.64. The number of benzene rings is 1. The predicted molar refractivity (Wildman–Crippen MR) is 84.8 cm³/mol. The lowest BCUT2D eigenvalue weighted by Crippen LogP contribution is -2.45. The van der Waals surface area contributed by atoms with E-state index < -0.39 is 5.97 Å². The number of hydrogen-bond acceptors (Lipinski definition) is 2. The van der Waals surface area contributed by atoms with E-state index in [1.165, 1.54) is 23.2 Å². The molecule has 1 aliphatic heterocycles. The summed E-state index contributed by atoms with van der Waals surface area (Å²) in [5.41, 5.74) is 3.98. The second-order valence-electron chi connectivity index (χ2n) is 6.64. The number of anilines is 1. The zero-order valence-corrected chi connectivity index (χ0v) is 13.0. The number of fused-ring (bicyclic) bond motifs is 3. The maximum Gasteiger partial charge on any atom is 0.303 e. The first-order valence-corrected chi connectivity index (χ1v) is 8.21. The van der Waals surface area contributed by atoms with Gasteiger partial charge in [0.15, 0.2) is 0 Å². The number of nitrogens with one attached hydrogen (secondary N) is 1. The quantitative estimate of drug-likeness (QED) is 0.873. The highest BCUT2D eigenvalue weighted by molar-refractivity contribution is 5.70. The van der Waals surface area contributed by atoms with E-state index in [1.807, 2.05) is 0 Å². The SMILES string of the molecule is CCc1cccc2c1NC1C2CCCC1(CC)CC(=O)O. The van der Waals surface area contributed by atoms with Gasteiger partial charge in [-0.15, -0.1) is 0 Å². The van der Waals surface area contributed by atoms with Crippen molar-refractivity contribution in [2.24, 2.45) is 5.41 Å². The van der Waals surface area contributed by atoms with E-state index in [0.717, 1.165) is 25.7 Å². The van der Waals surface area contributed by atoms with E-state index in [4.69, 9.17) is 0 Å². The van der Waals surface area contributed by atoms with Gasteiger partial charge in [-0.05, 0) is 36.8 Å². The molecule has 3 heteroatoms. The molecular formula is C18H25NO2. The first-order valence-electron chi connectivity index (χ1n) is 8.21. The number of aryl methyl sites for hydroxylation is 1. The lowest BCUT2D eigenvalue weighted by Gasteiger charge is -2.44. The van der Waals surface area contributed by atoms with Crippen molar-refractivity contribution in [3.63, 3.8) is 0 Å². The smallest absolute Gasteiger partial charge is 0.303 e. The monoisotopic (exact) mass is 287 g/mol. The summed E-state index contributed by atoms with van der Waals surface area (Å²) in [5, 5.41) is 13.1. The Bertz CT molecular complexity index is 554. The van der Waals surface area contributed by atoms with E-state index in [9.17, 15) is 9.90 Å². The minimum atomic E-state index is -0.661. The fraction of sp³-hybridized carbons (Fsp3) is 0.611. The van der Waals surface area contributed by atoms with E-state index in [0.29, 0.717) is 5.92 Å². The van der Waals surface area contributed by atoms with Crippen molar-refractivity contribution in [3.05, 3.63) is 29.3 Å².